The lowest BCUT2D eigenvalue weighted by Crippen LogP contribution is -2.37. The van der Waals surface area contributed by atoms with E-state index in [2.05, 4.69) is 28.6 Å². The Morgan fingerprint density at radius 2 is 2.12 bits per heavy atom. The van der Waals surface area contributed by atoms with Gasteiger partial charge in [-0.15, -0.1) is 0 Å². The van der Waals surface area contributed by atoms with Gasteiger partial charge in [-0.1, -0.05) is 12.1 Å². The van der Waals surface area contributed by atoms with Gasteiger partial charge in [0.2, 0.25) is 0 Å². The zero-order valence-corrected chi connectivity index (χ0v) is 15.5. The van der Waals surface area contributed by atoms with Gasteiger partial charge in [0.1, 0.15) is 0 Å². The molecule has 0 saturated heterocycles. The number of nitrogens with zero attached hydrogens (tertiary/aromatic N) is 2. The van der Waals surface area contributed by atoms with Crippen LogP contribution in [0.5, 0.6) is 0 Å². The zero-order valence-electron chi connectivity index (χ0n) is 14.7. The largest absolute Gasteiger partial charge is 0.396 e. The van der Waals surface area contributed by atoms with Crippen molar-refractivity contribution in [1.82, 2.24) is 15.1 Å². The minimum Gasteiger partial charge on any atom is -0.396 e. The highest BCUT2D eigenvalue weighted by Crippen LogP contribution is 2.19. The number of carbonyl (C=O) groups is 1. The molecule has 1 unspecified atom stereocenters. The van der Waals surface area contributed by atoms with E-state index in [0.717, 1.165) is 28.3 Å². The van der Waals surface area contributed by atoms with Gasteiger partial charge in [-0.25, -0.2) is 4.68 Å². The number of nitrogens with one attached hydrogen (secondary N) is 1. The van der Waals surface area contributed by atoms with Crippen molar-refractivity contribution in [3.05, 3.63) is 46.8 Å². The predicted octanol–water partition coefficient (Wildman–Crippen LogP) is 2.64. The lowest BCUT2D eigenvalue weighted by Gasteiger charge is -2.16. The van der Waals surface area contributed by atoms with Gasteiger partial charge in [0, 0.05) is 18.4 Å². The molecule has 0 saturated carbocycles. The molecule has 1 atom stereocenters. The van der Waals surface area contributed by atoms with E-state index < -0.39 is 0 Å². The molecule has 1 amide bonds. The van der Waals surface area contributed by atoms with Gasteiger partial charge in [-0.2, -0.15) is 16.9 Å². The van der Waals surface area contributed by atoms with Gasteiger partial charge in [-0.05, 0) is 50.6 Å². The summed E-state index contributed by atoms with van der Waals surface area (Å²) in [4.78, 5) is 12.6. The van der Waals surface area contributed by atoms with Crippen LogP contribution in [0.3, 0.4) is 0 Å². The van der Waals surface area contributed by atoms with Gasteiger partial charge in [-0.3, -0.25) is 4.79 Å². The molecule has 1 aromatic carbocycles. The number of hydrogen-bond acceptors (Lipinski definition) is 4. The lowest BCUT2D eigenvalue weighted by molar-refractivity contribution is 0.0934. The lowest BCUT2D eigenvalue weighted by atomic mass is 10.1. The summed E-state index contributed by atoms with van der Waals surface area (Å²) in [5, 5.41) is 16.5. The Balaban J connectivity index is 2.26. The number of aromatic nitrogens is 2. The molecule has 0 bridgehead atoms. The second-order valence-corrected chi connectivity index (χ2v) is 6.89. The average molecular weight is 347 g/mol. The third-order valence-corrected chi connectivity index (χ3v) is 4.76. The van der Waals surface area contributed by atoms with Crippen LogP contribution < -0.4 is 5.32 Å². The molecule has 0 spiro atoms. The highest BCUT2D eigenvalue weighted by molar-refractivity contribution is 7.98. The van der Waals surface area contributed by atoms with E-state index in [1.54, 1.807) is 18.0 Å². The Morgan fingerprint density at radius 3 is 2.79 bits per heavy atom. The molecular weight excluding hydrogens is 322 g/mol. The molecule has 24 heavy (non-hydrogen) atoms. The predicted molar refractivity (Wildman–Crippen MR) is 99.1 cm³/mol. The van der Waals surface area contributed by atoms with Crippen LogP contribution in [0.2, 0.25) is 0 Å². The number of aryl methyl sites for hydroxylation is 2. The van der Waals surface area contributed by atoms with Crippen LogP contribution in [-0.4, -0.2) is 45.5 Å². The van der Waals surface area contributed by atoms with Crippen molar-refractivity contribution in [3.63, 3.8) is 0 Å². The van der Waals surface area contributed by atoms with Gasteiger partial charge in [0.05, 0.1) is 23.1 Å². The number of amides is 1. The molecule has 0 aliphatic carbocycles. The van der Waals surface area contributed by atoms with Crippen molar-refractivity contribution in [3.8, 4) is 5.69 Å². The summed E-state index contributed by atoms with van der Waals surface area (Å²) in [6.07, 6.45) is 4.15. The van der Waals surface area contributed by atoms with Crippen molar-refractivity contribution < 1.29 is 9.90 Å². The second-order valence-electron chi connectivity index (χ2n) is 5.98. The molecule has 6 heteroatoms. The first-order chi connectivity index (χ1) is 11.5. The van der Waals surface area contributed by atoms with E-state index in [1.165, 1.54) is 0 Å². The van der Waals surface area contributed by atoms with Crippen LogP contribution in [0.1, 0.15) is 33.6 Å². The summed E-state index contributed by atoms with van der Waals surface area (Å²) in [5.74, 6) is 0.632. The average Bonchev–Trinajstić information content (AvgIpc) is 2.92. The van der Waals surface area contributed by atoms with Gasteiger partial charge in [0.25, 0.3) is 5.91 Å². The van der Waals surface area contributed by atoms with Crippen LogP contribution in [0, 0.1) is 20.8 Å². The number of aliphatic hydroxyl groups excluding tert-OH is 1. The van der Waals surface area contributed by atoms with E-state index in [-0.39, 0.29) is 18.6 Å². The Kier molecular flexibility index (Phi) is 6.45. The molecule has 0 aliphatic heterocycles. The highest BCUT2D eigenvalue weighted by atomic mass is 32.2. The summed E-state index contributed by atoms with van der Waals surface area (Å²) < 4.78 is 1.81. The molecule has 1 heterocycles. The monoisotopic (exact) mass is 347 g/mol. The minimum atomic E-state index is -0.142. The van der Waals surface area contributed by atoms with Crippen molar-refractivity contribution in [2.24, 2.45) is 0 Å². The van der Waals surface area contributed by atoms with Crippen LogP contribution in [0.25, 0.3) is 5.69 Å². The van der Waals surface area contributed by atoms with Crippen molar-refractivity contribution in [1.29, 1.82) is 0 Å². The normalized spacial score (nSPS) is 12.2. The smallest absolute Gasteiger partial charge is 0.255 e. The van der Waals surface area contributed by atoms with Crippen molar-refractivity contribution in [2.45, 2.75) is 33.2 Å². The van der Waals surface area contributed by atoms with Gasteiger partial charge in [0.15, 0.2) is 0 Å². The summed E-state index contributed by atoms with van der Waals surface area (Å²) in [6.45, 7) is 6.04. The number of carbonyl (C=O) groups excluding carboxylic acids is 1. The maximum atomic E-state index is 12.6. The Morgan fingerprint density at radius 1 is 1.38 bits per heavy atom. The van der Waals surface area contributed by atoms with Crippen LogP contribution in [0.4, 0.5) is 0 Å². The topological polar surface area (TPSA) is 67.2 Å². The fourth-order valence-corrected chi connectivity index (χ4v) is 3.29. The molecule has 0 fully saturated rings. The number of hydrogen-bond donors (Lipinski definition) is 2. The second kappa shape index (κ2) is 8.35. The van der Waals surface area contributed by atoms with E-state index in [0.29, 0.717) is 12.0 Å². The van der Waals surface area contributed by atoms with E-state index in [9.17, 15) is 4.79 Å². The SMILES string of the molecule is CSCC(CCO)NC(=O)c1cnn(-c2cc(C)ccc2C)c1C. The van der Waals surface area contributed by atoms with E-state index >= 15 is 0 Å². The fraction of sp³-hybridized carbons (Fsp3) is 0.444. The molecular formula is C18H25N3O2S. The Hall–Kier alpha value is -1.79. The van der Waals surface area contributed by atoms with Gasteiger partial charge >= 0.3 is 0 Å². The first-order valence-electron chi connectivity index (χ1n) is 8.00. The van der Waals surface area contributed by atoms with E-state index in [4.69, 9.17) is 5.11 Å². The maximum absolute atomic E-state index is 12.6. The first kappa shape index (κ1) is 18.5. The third-order valence-electron chi connectivity index (χ3n) is 4.03. The van der Waals surface area contributed by atoms with Gasteiger partial charge < -0.3 is 10.4 Å². The third kappa shape index (κ3) is 4.19. The molecule has 130 valence electrons. The molecule has 0 aliphatic rings. The highest BCUT2D eigenvalue weighted by Gasteiger charge is 2.19. The number of aliphatic hydroxyl groups is 1. The summed E-state index contributed by atoms with van der Waals surface area (Å²) >= 11 is 1.65. The van der Waals surface area contributed by atoms with Crippen LogP contribution >= 0.6 is 11.8 Å². The zero-order chi connectivity index (χ0) is 17.7. The molecule has 5 nitrogen and oxygen atoms in total. The summed E-state index contributed by atoms with van der Waals surface area (Å²) in [5.41, 5.74) is 4.63. The van der Waals surface area contributed by atoms with Crippen LogP contribution in [-0.2, 0) is 0 Å². The first-order valence-corrected chi connectivity index (χ1v) is 9.40. The molecule has 2 N–H and O–H groups in total. The maximum Gasteiger partial charge on any atom is 0.255 e. The Labute approximate surface area is 147 Å². The number of benzene rings is 1. The summed E-state index contributed by atoms with van der Waals surface area (Å²) in [6, 6.07) is 6.15. The molecule has 2 rings (SSSR count). The van der Waals surface area contributed by atoms with E-state index in [1.807, 2.05) is 31.7 Å². The van der Waals surface area contributed by atoms with Crippen molar-refractivity contribution in [2.75, 3.05) is 18.6 Å². The fourth-order valence-electron chi connectivity index (χ4n) is 2.64. The number of thioether (sulfide) groups is 1. The minimum absolute atomic E-state index is 0.0408. The van der Waals surface area contributed by atoms with Crippen LogP contribution in [0.15, 0.2) is 24.4 Å². The quantitative estimate of drug-likeness (QED) is 0.808. The molecule has 1 aromatic heterocycles. The molecule has 2 aromatic rings. The summed E-state index contributed by atoms with van der Waals surface area (Å²) in [7, 11) is 0. The van der Waals surface area contributed by atoms with Crippen molar-refractivity contribution >= 4 is 17.7 Å². The standard InChI is InChI=1S/C18H25N3O2S/c1-12-5-6-13(2)17(9-12)21-14(3)16(10-19-21)18(23)20-15(7-8-22)11-24-4/h5-6,9-10,15,22H,7-8,11H2,1-4H3,(H,20,23). The Bertz CT molecular complexity index is 706. The molecule has 0 radical (unpaired) electrons. The number of rotatable bonds is 7.